The van der Waals surface area contributed by atoms with E-state index >= 15 is 0 Å². The highest BCUT2D eigenvalue weighted by Crippen LogP contribution is 2.43. The molecule has 174 valence electrons. The highest BCUT2D eigenvalue weighted by Gasteiger charge is 2.36. The Morgan fingerprint density at radius 2 is 2.00 bits per heavy atom. The summed E-state index contributed by atoms with van der Waals surface area (Å²) in [5.74, 6) is -0.583. The molecule has 0 radical (unpaired) electrons. The minimum Gasteiger partial charge on any atom is -0.462 e. The highest BCUT2D eigenvalue weighted by atomic mass is 31.2. The first kappa shape index (κ1) is 24.1. The summed E-state index contributed by atoms with van der Waals surface area (Å²) in [5.41, 5.74) is -1.04. The zero-order chi connectivity index (χ0) is 23.3. The first-order valence-electron chi connectivity index (χ1n) is 10.4. The molecule has 11 heteroatoms. The smallest absolute Gasteiger partial charge is 0.330 e. The van der Waals surface area contributed by atoms with Crippen LogP contribution >= 0.6 is 7.52 Å². The molecular weight excluding hydrogens is 437 g/mol. The second-order valence-electron chi connectivity index (χ2n) is 7.94. The summed E-state index contributed by atoms with van der Waals surface area (Å²) in [5, 5.41) is 3.13. The summed E-state index contributed by atoms with van der Waals surface area (Å²) in [6, 6.07) is 9.81. The second-order valence-corrected chi connectivity index (χ2v) is 10.1. The molecule has 1 saturated heterocycles. The van der Waals surface area contributed by atoms with Crippen molar-refractivity contribution in [2.24, 2.45) is 5.92 Å². The lowest BCUT2D eigenvalue weighted by molar-refractivity contribution is -0.145. The number of aromatic amines is 1. The van der Waals surface area contributed by atoms with Gasteiger partial charge in [-0.2, -0.15) is 0 Å². The number of ether oxygens (including phenoxy) is 2. The number of carbonyl (C=O) groups excluding carboxylic acids is 1. The topological polar surface area (TPSA) is 129 Å². The van der Waals surface area contributed by atoms with Gasteiger partial charge in [-0.1, -0.05) is 25.1 Å². The summed E-state index contributed by atoms with van der Waals surface area (Å²) in [7, 11) is -3.60. The molecule has 10 nitrogen and oxygen atoms in total. The van der Waals surface area contributed by atoms with E-state index in [9.17, 15) is 18.9 Å². The fourth-order valence-corrected chi connectivity index (χ4v) is 5.19. The van der Waals surface area contributed by atoms with Crippen LogP contribution in [0.5, 0.6) is 0 Å². The number of hydrogen-bond acceptors (Lipinski definition) is 7. The minimum absolute atomic E-state index is 0.0165. The number of nitrogens with zero attached hydrogens (tertiary/aromatic N) is 1. The molecular formula is C21H28N3O7P. The average Bonchev–Trinajstić information content (AvgIpc) is 3.11. The number of rotatable bonds is 9. The van der Waals surface area contributed by atoms with Crippen molar-refractivity contribution in [1.82, 2.24) is 14.6 Å². The van der Waals surface area contributed by atoms with E-state index in [-0.39, 0.29) is 25.2 Å². The Kier molecular flexibility index (Phi) is 7.84. The summed E-state index contributed by atoms with van der Waals surface area (Å²) >= 11 is 0. The van der Waals surface area contributed by atoms with Gasteiger partial charge in [0.15, 0.2) is 0 Å². The lowest BCUT2D eigenvalue weighted by Crippen LogP contribution is -2.33. The van der Waals surface area contributed by atoms with Crippen molar-refractivity contribution < 1.29 is 23.4 Å². The minimum atomic E-state index is -3.60. The van der Waals surface area contributed by atoms with Crippen LogP contribution in [0.2, 0.25) is 0 Å². The molecule has 1 fully saturated rings. The zero-order valence-electron chi connectivity index (χ0n) is 18.2. The molecule has 2 N–H and O–H groups in total. The van der Waals surface area contributed by atoms with E-state index in [1.54, 1.807) is 44.2 Å². The standard InChI is InChI=1S/C21H28N3O7P/c1-14(2)30-19(26)12-22-32(28,17-7-5-4-6-8-17)29-13-16-11-15(3)20(31-16)24-10-9-18(25)23-21(24)27/h4-10,14-16,20H,11-13H2,1-3H3,(H,22,28)(H,23,25,27)/t15-,16-,20+,32-/m0/s1. The normalized spacial score (nSPS) is 22.6. The summed E-state index contributed by atoms with van der Waals surface area (Å²) in [4.78, 5) is 37.6. The van der Waals surface area contributed by atoms with Crippen LogP contribution in [0, 0.1) is 5.92 Å². The fraction of sp³-hybridized carbons (Fsp3) is 0.476. The number of nitrogens with one attached hydrogen (secondary N) is 2. The largest absolute Gasteiger partial charge is 0.462 e. The van der Waals surface area contributed by atoms with Crippen LogP contribution in [0.4, 0.5) is 0 Å². The van der Waals surface area contributed by atoms with Gasteiger partial charge in [-0.3, -0.25) is 23.7 Å². The number of benzene rings is 1. The van der Waals surface area contributed by atoms with Gasteiger partial charge in [-0.15, -0.1) is 0 Å². The van der Waals surface area contributed by atoms with Crippen LogP contribution in [-0.4, -0.2) is 40.9 Å². The van der Waals surface area contributed by atoms with E-state index in [4.69, 9.17) is 14.0 Å². The van der Waals surface area contributed by atoms with Crippen molar-refractivity contribution in [1.29, 1.82) is 0 Å². The lowest BCUT2D eigenvalue weighted by atomic mass is 10.1. The van der Waals surface area contributed by atoms with Crippen molar-refractivity contribution in [3.8, 4) is 0 Å². The summed E-state index contributed by atoms with van der Waals surface area (Å²) in [6.07, 6.45) is 0.638. The van der Waals surface area contributed by atoms with Crippen LogP contribution in [0.15, 0.2) is 52.2 Å². The molecule has 2 heterocycles. The molecule has 1 aliphatic rings. The predicted molar refractivity (Wildman–Crippen MR) is 118 cm³/mol. The van der Waals surface area contributed by atoms with Crippen molar-refractivity contribution in [3.63, 3.8) is 0 Å². The first-order chi connectivity index (χ1) is 15.2. The van der Waals surface area contributed by atoms with E-state index in [0.717, 1.165) is 0 Å². The molecule has 1 aromatic heterocycles. The molecule has 0 spiro atoms. The fourth-order valence-electron chi connectivity index (χ4n) is 3.49. The Bertz CT molecular complexity index is 1080. The third-order valence-corrected chi connectivity index (χ3v) is 6.98. The summed E-state index contributed by atoms with van der Waals surface area (Å²) in [6.45, 7) is 5.08. The molecule has 4 atom stereocenters. The highest BCUT2D eigenvalue weighted by molar-refractivity contribution is 7.65. The van der Waals surface area contributed by atoms with Gasteiger partial charge in [0.2, 0.25) is 0 Å². The average molecular weight is 465 g/mol. The van der Waals surface area contributed by atoms with E-state index in [1.165, 1.54) is 16.8 Å². The number of hydrogen-bond donors (Lipinski definition) is 2. The molecule has 32 heavy (non-hydrogen) atoms. The monoisotopic (exact) mass is 465 g/mol. The van der Waals surface area contributed by atoms with E-state index < -0.39 is 37.1 Å². The SMILES string of the molecule is CC(C)OC(=O)CN[P@@](=O)(OC[C@@H]1C[C@H](C)[C@H](n2ccc(=O)[nH]c2=O)O1)c1ccccc1. The molecule has 1 aliphatic heterocycles. The molecule has 1 aromatic carbocycles. The molecule has 0 aliphatic carbocycles. The molecule has 2 aromatic rings. The van der Waals surface area contributed by atoms with Gasteiger partial charge in [0.1, 0.15) is 12.8 Å². The van der Waals surface area contributed by atoms with Gasteiger partial charge in [0.05, 0.1) is 24.1 Å². The Morgan fingerprint density at radius 1 is 1.28 bits per heavy atom. The predicted octanol–water partition coefficient (Wildman–Crippen LogP) is 1.54. The van der Waals surface area contributed by atoms with Crippen LogP contribution in [-0.2, 0) is 23.4 Å². The maximum atomic E-state index is 13.6. The molecule has 0 bridgehead atoms. The van der Waals surface area contributed by atoms with Crippen LogP contribution in [0.1, 0.15) is 33.4 Å². The van der Waals surface area contributed by atoms with Crippen molar-refractivity contribution in [3.05, 3.63) is 63.4 Å². The van der Waals surface area contributed by atoms with Crippen molar-refractivity contribution in [2.45, 2.75) is 45.6 Å². The van der Waals surface area contributed by atoms with Crippen molar-refractivity contribution in [2.75, 3.05) is 13.2 Å². The molecule has 0 amide bonds. The summed E-state index contributed by atoms with van der Waals surface area (Å²) < 4.78 is 31.8. The van der Waals surface area contributed by atoms with Gasteiger partial charge in [-0.05, 0) is 32.4 Å². The third kappa shape index (κ3) is 6.04. The van der Waals surface area contributed by atoms with Crippen LogP contribution < -0.4 is 21.6 Å². The lowest BCUT2D eigenvalue weighted by Gasteiger charge is -2.22. The quantitative estimate of drug-likeness (QED) is 0.422. The van der Waals surface area contributed by atoms with Crippen molar-refractivity contribution >= 4 is 18.8 Å². The Balaban J connectivity index is 1.69. The van der Waals surface area contributed by atoms with Gasteiger partial charge < -0.3 is 14.0 Å². The Morgan fingerprint density at radius 3 is 2.66 bits per heavy atom. The van der Waals surface area contributed by atoms with Gasteiger partial charge in [0, 0.05) is 18.2 Å². The van der Waals surface area contributed by atoms with Gasteiger partial charge >= 0.3 is 11.7 Å². The maximum absolute atomic E-state index is 13.6. The van der Waals surface area contributed by atoms with Gasteiger partial charge in [-0.25, -0.2) is 9.88 Å². The van der Waals surface area contributed by atoms with E-state index in [2.05, 4.69) is 10.1 Å². The number of esters is 1. The number of H-pyrrole nitrogens is 1. The van der Waals surface area contributed by atoms with E-state index in [0.29, 0.717) is 11.7 Å². The molecule has 3 rings (SSSR count). The van der Waals surface area contributed by atoms with Gasteiger partial charge in [0.25, 0.3) is 13.1 Å². The first-order valence-corrected chi connectivity index (χ1v) is 12.0. The van der Waals surface area contributed by atoms with Crippen LogP contribution in [0.25, 0.3) is 0 Å². The second kappa shape index (κ2) is 10.4. The molecule has 0 unspecified atom stereocenters. The number of carbonyl (C=O) groups is 1. The maximum Gasteiger partial charge on any atom is 0.330 e. The van der Waals surface area contributed by atoms with E-state index in [1.807, 2.05) is 6.92 Å². The third-order valence-electron chi connectivity index (χ3n) is 4.92. The molecule has 0 saturated carbocycles. The van der Waals surface area contributed by atoms with Crippen LogP contribution in [0.3, 0.4) is 0 Å². The Hall–Kier alpha value is -2.52. The number of aromatic nitrogens is 2. The zero-order valence-corrected chi connectivity index (χ0v) is 19.1. The Labute approximate surface area is 185 Å².